The second kappa shape index (κ2) is 6.20. The van der Waals surface area contributed by atoms with Crippen LogP contribution in [0.15, 0.2) is 36.9 Å². The van der Waals surface area contributed by atoms with Crippen LogP contribution in [0.25, 0.3) is 11.2 Å². The van der Waals surface area contributed by atoms with Gasteiger partial charge in [0, 0.05) is 25.2 Å². The molecule has 0 aliphatic carbocycles. The van der Waals surface area contributed by atoms with Gasteiger partial charge in [-0.05, 0) is 25.3 Å². The number of hydrogen-bond acceptors (Lipinski definition) is 5. The van der Waals surface area contributed by atoms with Gasteiger partial charge in [-0.1, -0.05) is 29.8 Å². The molecule has 1 saturated heterocycles. The number of H-pyrrole nitrogens is 1. The summed E-state index contributed by atoms with van der Waals surface area (Å²) in [5.74, 6) is 0.802. The molecule has 0 atom stereocenters. The Morgan fingerprint density at radius 1 is 1.21 bits per heavy atom. The number of aromatic nitrogens is 4. The molecular formula is C18H21N5O. The minimum Gasteiger partial charge on any atom is -0.381 e. The summed E-state index contributed by atoms with van der Waals surface area (Å²) < 4.78 is 5.62. The SMILES string of the molecule is Cc1cccc(C2(CNc3ncnc4nc[nH]c34)CCOCC2)c1. The highest BCUT2D eigenvalue weighted by atomic mass is 16.5. The molecule has 124 valence electrons. The third kappa shape index (κ3) is 2.73. The minimum absolute atomic E-state index is 0.0571. The smallest absolute Gasteiger partial charge is 0.182 e. The molecule has 2 aromatic heterocycles. The van der Waals surface area contributed by atoms with Crippen molar-refractivity contribution >= 4 is 17.0 Å². The maximum Gasteiger partial charge on any atom is 0.182 e. The first-order valence-electron chi connectivity index (χ1n) is 8.30. The fraction of sp³-hybridized carbons (Fsp3) is 0.389. The number of hydrogen-bond donors (Lipinski definition) is 2. The normalized spacial score (nSPS) is 17.0. The topological polar surface area (TPSA) is 75.7 Å². The van der Waals surface area contributed by atoms with Crippen LogP contribution >= 0.6 is 0 Å². The summed E-state index contributed by atoms with van der Waals surface area (Å²) >= 11 is 0. The Labute approximate surface area is 140 Å². The summed E-state index contributed by atoms with van der Waals surface area (Å²) in [6.45, 7) is 4.53. The number of ether oxygens (including phenoxy) is 1. The van der Waals surface area contributed by atoms with E-state index in [-0.39, 0.29) is 5.41 Å². The molecule has 4 rings (SSSR count). The first kappa shape index (κ1) is 15.1. The van der Waals surface area contributed by atoms with Gasteiger partial charge in [0.1, 0.15) is 11.8 Å². The van der Waals surface area contributed by atoms with Crippen molar-refractivity contribution < 1.29 is 4.74 Å². The van der Waals surface area contributed by atoms with E-state index in [9.17, 15) is 0 Å². The number of benzene rings is 1. The number of aromatic amines is 1. The Kier molecular flexibility index (Phi) is 3.90. The van der Waals surface area contributed by atoms with Crippen molar-refractivity contribution in [2.45, 2.75) is 25.2 Å². The molecule has 6 heteroatoms. The van der Waals surface area contributed by atoms with Crippen LogP contribution in [0.5, 0.6) is 0 Å². The zero-order valence-corrected chi connectivity index (χ0v) is 13.7. The molecule has 1 aromatic carbocycles. The first-order valence-corrected chi connectivity index (χ1v) is 8.30. The second-order valence-electron chi connectivity index (χ2n) is 6.44. The highest BCUT2D eigenvalue weighted by molar-refractivity contribution is 5.81. The van der Waals surface area contributed by atoms with Crippen molar-refractivity contribution in [2.75, 3.05) is 25.1 Å². The van der Waals surface area contributed by atoms with E-state index < -0.39 is 0 Å². The Balaban J connectivity index is 1.64. The maximum absolute atomic E-state index is 5.62. The van der Waals surface area contributed by atoms with E-state index in [1.165, 1.54) is 11.1 Å². The van der Waals surface area contributed by atoms with Gasteiger partial charge in [0.2, 0.25) is 0 Å². The summed E-state index contributed by atoms with van der Waals surface area (Å²) in [7, 11) is 0. The van der Waals surface area contributed by atoms with Crippen LogP contribution in [0.4, 0.5) is 5.82 Å². The molecule has 0 saturated carbocycles. The van der Waals surface area contributed by atoms with Crippen molar-refractivity contribution in [1.82, 2.24) is 19.9 Å². The lowest BCUT2D eigenvalue weighted by molar-refractivity contribution is 0.0543. The number of fused-ring (bicyclic) bond motifs is 1. The zero-order chi connectivity index (χ0) is 16.4. The number of nitrogens with zero attached hydrogens (tertiary/aromatic N) is 3. The van der Waals surface area contributed by atoms with Crippen molar-refractivity contribution in [1.29, 1.82) is 0 Å². The number of aryl methyl sites for hydroxylation is 1. The molecule has 2 N–H and O–H groups in total. The monoisotopic (exact) mass is 323 g/mol. The number of rotatable bonds is 4. The summed E-state index contributed by atoms with van der Waals surface area (Å²) in [6.07, 6.45) is 5.20. The molecule has 3 heterocycles. The molecule has 0 unspecified atom stereocenters. The average molecular weight is 323 g/mol. The van der Waals surface area contributed by atoms with Crippen molar-refractivity contribution in [2.24, 2.45) is 0 Å². The van der Waals surface area contributed by atoms with Crippen LogP contribution in [0.3, 0.4) is 0 Å². The minimum atomic E-state index is 0.0571. The molecule has 1 aliphatic rings. The van der Waals surface area contributed by atoms with E-state index in [0.29, 0.717) is 5.65 Å². The molecule has 3 aromatic rings. The van der Waals surface area contributed by atoms with E-state index in [1.807, 2.05) is 0 Å². The molecular weight excluding hydrogens is 302 g/mol. The van der Waals surface area contributed by atoms with Gasteiger partial charge in [0.15, 0.2) is 11.5 Å². The summed E-state index contributed by atoms with van der Waals surface area (Å²) in [4.78, 5) is 15.9. The Hall–Kier alpha value is -2.47. The summed E-state index contributed by atoms with van der Waals surface area (Å²) in [6, 6.07) is 8.80. The van der Waals surface area contributed by atoms with Gasteiger partial charge < -0.3 is 15.0 Å². The van der Waals surface area contributed by atoms with Gasteiger partial charge in [-0.3, -0.25) is 0 Å². The van der Waals surface area contributed by atoms with Crippen molar-refractivity contribution in [3.63, 3.8) is 0 Å². The lowest BCUT2D eigenvalue weighted by atomic mass is 9.73. The first-order chi connectivity index (χ1) is 11.8. The average Bonchev–Trinajstić information content (AvgIpc) is 3.10. The van der Waals surface area contributed by atoms with Crippen molar-refractivity contribution in [3.05, 3.63) is 48.0 Å². The molecule has 0 spiro atoms. The van der Waals surface area contributed by atoms with E-state index >= 15 is 0 Å². The molecule has 24 heavy (non-hydrogen) atoms. The molecule has 1 fully saturated rings. The predicted molar refractivity (Wildman–Crippen MR) is 93.1 cm³/mol. The Morgan fingerprint density at radius 3 is 2.92 bits per heavy atom. The van der Waals surface area contributed by atoms with Crippen LogP contribution in [0.2, 0.25) is 0 Å². The second-order valence-corrected chi connectivity index (χ2v) is 6.44. The highest BCUT2D eigenvalue weighted by Crippen LogP contribution is 2.35. The van der Waals surface area contributed by atoms with Crippen LogP contribution in [0, 0.1) is 6.92 Å². The van der Waals surface area contributed by atoms with Gasteiger partial charge in [-0.15, -0.1) is 0 Å². The quantitative estimate of drug-likeness (QED) is 0.772. The zero-order valence-electron chi connectivity index (χ0n) is 13.7. The summed E-state index contributed by atoms with van der Waals surface area (Å²) in [5, 5.41) is 3.52. The number of nitrogens with one attached hydrogen (secondary N) is 2. The number of imidazole rings is 1. The van der Waals surface area contributed by atoms with Crippen LogP contribution in [-0.4, -0.2) is 39.7 Å². The van der Waals surface area contributed by atoms with Gasteiger partial charge in [0.05, 0.1) is 6.33 Å². The van der Waals surface area contributed by atoms with Crippen LogP contribution in [0.1, 0.15) is 24.0 Å². The molecule has 1 aliphatic heterocycles. The van der Waals surface area contributed by atoms with Gasteiger partial charge >= 0.3 is 0 Å². The summed E-state index contributed by atoms with van der Waals surface area (Å²) in [5.41, 5.74) is 4.25. The fourth-order valence-electron chi connectivity index (χ4n) is 3.46. The van der Waals surface area contributed by atoms with Crippen LogP contribution in [-0.2, 0) is 10.2 Å². The van der Waals surface area contributed by atoms with E-state index in [0.717, 1.165) is 43.9 Å². The largest absolute Gasteiger partial charge is 0.381 e. The van der Waals surface area contributed by atoms with Gasteiger partial charge in [-0.2, -0.15) is 0 Å². The lowest BCUT2D eigenvalue weighted by Gasteiger charge is -2.38. The van der Waals surface area contributed by atoms with Gasteiger partial charge in [-0.25, -0.2) is 15.0 Å². The lowest BCUT2D eigenvalue weighted by Crippen LogP contribution is -2.40. The molecule has 0 radical (unpaired) electrons. The standard InChI is InChI=1S/C18H21N5O/c1-13-3-2-4-14(9-13)18(5-7-24-8-6-18)10-19-16-15-17(21-11-20-15)23-12-22-16/h2-4,9,11-12H,5-8,10H2,1H3,(H2,19,20,21,22,23). The Bertz CT molecular complexity index is 838. The fourth-order valence-corrected chi connectivity index (χ4v) is 3.46. The molecule has 0 amide bonds. The number of anilines is 1. The van der Waals surface area contributed by atoms with E-state index in [2.05, 4.69) is 56.4 Å². The van der Waals surface area contributed by atoms with E-state index in [4.69, 9.17) is 4.74 Å². The third-order valence-electron chi connectivity index (χ3n) is 4.90. The van der Waals surface area contributed by atoms with Crippen molar-refractivity contribution in [3.8, 4) is 0 Å². The third-order valence-corrected chi connectivity index (χ3v) is 4.90. The highest BCUT2D eigenvalue weighted by Gasteiger charge is 2.34. The van der Waals surface area contributed by atoms with E-state index in [1.54, 1.807) is 12.7 Å². The van der Waals surface area contributed by atoms with Gasteiger partial charge in [0.25, 0.3) is 0 Å². The van der Waals surface area contributed by atoms with Crippen LogP contribution < -0.4 is 5.32 Å². The Morgan fingerprint density at radius 2 is 2.08 bits per heavy atom. The maximum atomic E-state index is 5.62. The molecule has 6 nitrogen and oxygen atoms in total. The molecule has 0 bridgehead atoms. The predicted octanol–water partition coefficient (Wildman–Crippen LogP) is 2.82.